The molecule has 0 saturated carbocycles. The maximum atomic E-state index is 14.7. The van der Waals surface area contributed by atoms with E-state index in [0.717, 1.165) is 15.9 Å². The Labute approximate surface area is 449 Å². The van der Waals surface area contributed by atoms with Crippen molar-refractivity contribution >= 4 is 28.5 Å². The van der Waals surface area contributed by atoms with Crippen LogP contribution in [0.4, 0.5) is 0 Å². The summed E-state index contributed by atoms with van der Waals surface area (Å²) in [6.45, 7) is 13.1. The van der Waals surface area contributed by atoms with E-state index in [1.807, 2.05) is 176 Å². The fourth-order valence-corrected chi connectivity index (χ4v) is 17.1. The zero-order valence-electron chi connectivity index (χ0n) is 44.5. The zero-order chi connectivity index (χ0) is 53.8. The molecule has 1 fully saturated rings. The van der Waals surface area contributed by atoms with Crippen LogP contribution >= 0.6 is 0 Å². The third-order valence-corrected chi connectivity index (χ3v) is 21.0. The van der Waals surface area contributed by atoms with Crippen LogP contribution in [0.5, 0.6) is 11.5 Å². The van der Waals surface area contributed by atoms with Gasteiger partial charge in [0, 0.05) is 12.3 Å². The summed E-state index contributed by atoms with van der Waals surface area (Å²) in [5.41, 5.74) is -3.88. The number of rotatable bonds is 18. The van der Waals surface area contributed by atoms with Crippen LogP contribution in [-0.4, -0.2) is 64.8 Å². The molecule has 2 N–H and O–H groups in total. The SMILES string of the molecule is COc1ccc(COC(c2ccccc2)(c2ccc(OC)cc2)C2(C(O[SiH2]C(C)(C)C)(c3ccccc3)c3ccccc3)OC(n3ccc(=O)[nH]c3=O)C(O)C2O[Si](c2ccccc2)(c2ccccc2)C(C)(C)C)cc1. The van der Waals surface area contributed by atoms with Crippen molar-refractivity contribution < 1.29 is 32.9 Å². The summed E-state index contributed by atoms with van der Waals surface area (Å²) in [6.07, 6.45) is -3.36. The lowest BCUT2D eigenvalue weighted by Crippen LogP contribution is -2.77. The van der Waals surface area contributed by atoms with Gasteiger partial charge in [0.1, 0.15) is 29.3 Å². The molecule has 1 aliphatic heterocycles. The molecule has 7 aromatic carbocycles. The molecule has 0 radical (unpaired) electrons. The molecule has 0 amide bonds. The second kappa shape index (κ2) is 22.0. The minimum atomic E-state index is -3.85. The van der Waals surface area contributed by atoms with Crippen molar-refractivity contribution in [3.63, 3.8) is 0 Å². The van der Waals surface area contributed by atoms with Crippen LogP contribution in [0, 0.1) is 0 Å². The molecule has 2 heterocycles. The van der Waals surface area contributed by atoms with E-state index in [9.17, 15) is 14.7 Å². The van der Waals surface area contributed by atoms with Gasteiger partial charge in [0.05, 0.1) is 20.8 Å². The largest absolute Gasteiger partial charge is 0.497 e. The smallest absolute Gasteiger partial charge is 0.330 e. The molecule has 1 aliphatic rings. The van der Waals surface area contributed by atoms with E-state index >= 15 is 0 Å². The third kappa shape index (κ3) is 9.66. The van der Waals surface area contributed by atoms with Crippen molar-refractivity contribution in [2.75, 3.05) is 14.2 Å². The molecule has 9 rings (SSSR count). The first-order valence-electron chi connectivity index (χ1n) is 25.7. The lowest BCUT2D eigenvalue weighted by Gasteiger charge is -2.61. The standard InChI is InChI=1S/C63H68N2O9Si2/c1-59(2,3)75-74-62(47-26-16-10-17-27-47,48-28-18-11-19-29-48)63(61(46-24-14-9-15-25-46,49-36-40-51(70-8)41-37-49)71-44-45-34-38-50(69-7)39-35-45)56(55(67)57(72-63)65-43-42-54(66)64-58(65)68)73-76(60(4,5)6,52-30-20-12-21-31-52)53-32-22-13-23-33-53/h9-43,55-57,67H,44,75H2,1-8H3,(H,64,66,68). The minimum absolute atomic E-state index is 0.0162. The second-order valence-corrected chi connectivity index (χ2v) is 28.6. The predicted octanol–water partition coefficient (Wildman–Crippen LogP) is 9.55. The predicted molar refractivity (Wildman–Crippen MR) is 304 cm³/mol. The van der Waals surface area contributed by atoms with Crippen molar-refractivity contribution in [3.8, 4) is 11.5 Å². The van der Waals surface area contributed by atoms with Crippen molar-refractivity contribution in [1.29, 1.82) is 0 Å². The van der Waals surface area contributed by atoms with Gasteiger partial charge in [-0.15, -0.1) is 0 Å². The quantitative estimate of drug-likeness (QED) is 0.0808. The summed E-state index contributed by atoms with van der Waals surface area (Å²) in [6, 6.07) is 67.1. The summed E-state index contributed by atoms with van der Waals surface area (Å²) < 4.78 is 46.1. The van der Waals surface area contributed by atoms with Crippen LogP contribution in [0.25, 0.3) is 0 Å². The highest BCUT2D eigenvalue weighted by Crippen LogP contribution is 2.65. The van der Waals surface area contributed by atoms with E-state index in [1.165, 1.54) is 16.8 Å². The van der Waals surface area contributed by atoms with Crippen LogP contribution in [0.1, 0.15) is 75.6 Å². The van der Waals surface area contributed by atoms with Gasteiger partial charge in [0.2, 0.25) is 0 Å². The van der Waals surface area contributed by atoms with Crippen molar-refractivity contribution in [1.82, 2.24) is 9.55 Å². The number of hydrogen-bond acceptors (Lipinski definition) is 9. The van der Waals surface area contributed by atoms with Crippen LogP contribution in [0.3, 0.4) is 0 Å². The average molecular weight is 1050 g/mol. The van der Waals surface area contributed by atoms with Crippen LogP contribution in [0.2, 0.25) is 10.1 Å². The maximum Gasteiger partial charge on any atom is 0.330 e. The number of nitrogens with one attached hydrogen (secondary N) is 1. The molecule has 76 heavy (non-hydrogen) atoms. The molecular formula is C63H68N2O9Si2. The third-order valence-electron chi connectivity index (χ3n) is 14.6. The van der Waals surface area contributed by atoms with Gasteiger partial charge in [0.25, 0.3) is 13.9 Å². The topological polar surface area (TPSA) is 130 Å². The summed E-state index contributed by atoms with van der Waals surface area (Å²) in [5, 5.41) is 15.2. The lowest BCUT2D eigenvalue weighted by molar-refractivity contribution is -0.285. The number of benzene rings is 7. The van der Waals surface area contributed by atoms with Crippen molar-refractivity contribution in [2.45, 2.75) is 93.5 Å². The van der Waals surface area contributed by atoms with E-state index in [1.54, 1.807) is 14.2 Å². The first kappa shape index (κ1) is 53.9. The van der Waals surface area contributed by atoms with Crippen LogP contribution < -0.4 is 31.1 Å². The summed E-state index contributed by atoms with van der Waals surface area (Å²) in [7, 11) is -2.32. The van der Waals surface area contributed by atoms with Gasteiger partial charge in [-0.05, 0) is 72.5 Å². The number of nitrogens with zero attached hydrogens (tertiary/aromatic N) is 1. The van der Waals surface area contributed by atoms with E-state index in [2.05, 4.69) is 70.8 Å². The van der Waals surface area contributed by atoms with Gasteiger partial charge in [-0.1, -0.05) is 217 Å². The molecule has 1 aromatic heterocycles. The van der Waals surface area contributed by atoms with Gasteiger partial charge in [-0.25, -0.2) is 4.79 Å². The number of aromatic amines is 1. The number of aliphatic hydroxyl groups is 1. The van der Waals surface area contributed by atoms with Gasteiger partial charge < -0.3 is 32.9 Å². The van der Waals surface area contributed by atoms with Crippen LogP contribution in [-0.2, 0) is 36.1 Å². The summed E-state index contributed by atoms with van der Waals surface area (Å²) in [4.78, 5) is 30.2. The number of H-pyrrole nitrogens is 1. The zero-order valence-corrected chi connectivity index (χ0v) is 46.9. The molecule has 0 bridgehead atoms. The second-order valence-electron chi connectivity index (χ2n) is 21.6. The van der Waals surface area contributed by atoms with Gasteiger partial charge in [-0.2, -0.15) is 0 Å². The van der Waals surface area contributed by atoms with E-state index < -0.39 is 69.6 Å². The molecule has 1 saturated heterocycles. The Hall–Kier alpha value is -6.95. The Morgan fingerprint density at radius 2 is 1.03 bits per heavy atom. The molecule has 392 valence electrons. The summed E-state index contributed by atoms with van der Waals surface area (Å²) in [5.74, 6) is 1.27. The van der Waals surface area contributed by atoms with E-state index in [0.29, 0.717) is 33.8 Å². The summed E-state index contributed by atoms with van der Waals surface area (Å²) >= 11 is 0. The van der Waals surface area contributed by atoms with Gasteiger partial charge in [-0.3, -0.25) is 14.3 Å². The number of aliphatic hydroxyl groups excluding tert-OH is 1. The molecule has 5 atom stereocenters. The van der Waals surface area contributed by atoms with Gasteiger partial charge in [0.15, 0.2) is 27.2 Å². The molecule has 8 aromatic rings. The fourth-order valence-electron chi connectivity index (χ4n) is 11.2. The first-order valence-corrected chi connectivity index (χ1v) is 28.9. The molecule has 13 heteroatoms. The van der Waals surface area contributed by atoms with Crippen molar-refractivity contribution in [2.24, 2.45) is 0 Å². The van der Waals surface area contributed by atoms with E-state index in [4.69, 9.17) is 27.8 Å². The Morgan fingerprint density at radius 1 is 0.592 bits per heavy atom. The Morgan fingerprint density at radius 3 is 1.46 bits per heavy atom. The number of methoxy groups -OCH3 is 2. The number of hydrogen-bond donors (Lipinski definition) is 2. The Balaban J connectivity index is 1.57. The molecule has 0 spiro atoms. The molecule has 11 nitrogen and oxygen atoms in total. The number of ether oxygens (including phenoxy) is 4. The average Bonchev–Trinajstić information content (AvgIpc) is 3.83. The van der Waals surface area contributed by atoms with Crippen LogP contribution in [0.15, 0.2) is 222 Å². The van der Waals surface area contributed by atoms with Crippen molar-refractivity contribution in [3.05, 3.63) is 261 Å². The monoisotopic (exact) mass is 1050 g/mol. The Bertz CT molecular complexity index is 3200. The fraction of sp³-hybridized carbons (Fsp3) is 0.270. The molecule has 5 unspecified atom stereocenters. The highest BCUT2D eigenvalue weighted by atomic mass is 28.4. The van der Waals surface area contributed by atoms with E-state index in [-0.39, 0.29) is 11.6 Å². The molecule has 0 aliphatic carbocycles. The normalized spacial score (nSPS) is 19.1. The first-order chi connectivity index (χ1) is 36.5. The maximum absolute atomic E-state index is 14.7. The number of aromatic nitrogens is 2. The highest BCUT2D eigenvalue weighted by molar-refractivity contribution is 6.99. The highest BCUT2D eigenvalue weighted by Gasteiger charge is 2.79. The molecular weight excluding hydrogens is 985 g/mol. The van der Waals surface area contributed by atoms with Gasteiger partial charge >= 0.3 is 5.69 Å². The lowest BCUT2D eigenvalue weighted by atomic mass is 9.58. The Kier molecular flexibility index (Phi) is 15.6. The minimum Gasteiger partial charge on any atom is -0.497 e.